The van der Waals surface area contributed by atoms with Crippen LogP contribution < -0.4 is 10.5 Å². The van der Waals surface area contributed by atoms with Crippen LogP contribution in [0.5, 0.6) is 5.75 Å². The van der Waals surface area contributed by atoms with Crippen molar-refractivity contribution >= 4 is 28.6 Å². The van der Waals surface area contributed by atoms with Gasteiger partial charge < -0.3 is 10.5 Å². The molecule has 1 aromatic heterocycles. The molecular weight excluding hydrogens is 251 g/mol. The summed E-state index contributed by atoms with van der Waals surface area (Å²) in [6.45, 7) is 0.193. The number of nitrogens with zero attached hydrogens (tertiary/aromatic N) is 1. The Morgan fingerprint density at radius 1 is 1.50 bits per heavy atom. The van der Waals surface area contributed by atoms with E-state index in [9.17, 15) is 4.39 Å². The first kappa shape index (κ1) is 11.2. The van der Waals surface area contributed by atoms with Crippen molar-refractivity contribution in [3.63, 3.8) is 0 Å². The number of nitrogens with two attached hydrogens (primary N) is 1. The molecule has 6 heteroatoms. The monoisotopic (exact) mass is 258 g/mol. The van der Waals surface area contributed by atoms with Crippen molar-refractivity contribution < 1.29 is 9.13 Å². The summed E-state index contributed by atoms with van der Waals surface area (Å²) < 4.78 is 18.0. The largest absolute Gasteiger partial charge is 0.485 e. The first-order chi connectivity index (χ1) is 7.65. The van der Waals surface area contributed by atoms with Gasteiger partial charge in [0.1, 0.15) is 17.4 Å². The van der Waals surface area contributed by atoms with Gasteiger partial charge in [-0.1, -0.05) is 22.9 Å². The third kappa shape index (κ3) is 2.62. The van der Waals surface area contributed by atoms with Crippen LogP contribution in [0.1, 0.15) is 5.01 Å². The molecule has 0 spiro atoms. The van der Waals surface area contributed by atoms with Crippen molar-refractivity contribution in [1.29, 1.82) is 0 Å². The molecule has 0 aliphatic heterocycles. The van der Waals surface area contributed by atoms with E-state index in [0.717, 1.165) is 17.5 Å². The summed E-state index contributed by atoms with van der Waals surface area (Å²) in [6, 6.07) is 4.95. The van der Waals surface area contributed by atoms with Gasteiger partial charge in [0, 0.05) is 5.69 Å². The van der Waals surface area contributed by atoms with Gasteiger partial charge >= 0.3 is 0 Å². The zero-order valence-electron chi connectivity index (χ0n) is 8.11. The second kappa shape index (κ2) is 4.67. The van der Waals surface area contributed by atoms with E-state index in [0.29, 0.717) is 21.5 Å². The molecule has 0 saturated heterocycles. The summed E-state index contributed by atoms with van der Waals surface area (Å²) in [5.74, 6) is 0.506. The number of hydrogen-bond acceptors (Lipinski definition) is 4. The first-order valence-electron chi connectivity index (χ1n) is 4.43. The summed E-state index contributed by atoms with van der Waals surface area (Å²) in [7, 11) is 0. The molecule has 1 aromatic carbocycles. The highest BCUT2D eigenvalue weighted by Crippen LogP contribution is 2.27. The quantitative estimate of drug-likeness (QED) is 0.861. The molecule has 0 saturated carbocycles. The third-order valence-corrected chi connectivity index (χ3v) is 2.89. The number of benzene rings is 1. The Hall–Kier alpha value is -1.33. The van der Waals surface area contributed by atoms with Gasteiger partial charge in [-0.25, -0.2) is 4.98 Å². The van der Waals surface area contributed by atoms with Gasteiger partial charge in [0.15, 0.2) is 5.13 Å². The Labute approximate surface area is 101 Å². The zero-order chi connectivity index (χ0) is 11.5. The fourth-order valence-electron chi connectivity index (χ4n) is 1.13. The van der Waals surface area contributed by atoms with Crippen LogP contribution in [-0.4, -0.2) is 4.98 Å². The average Bonchev–Trinajstić information content (AvgIpc) is 2.63. The Morgan fingerprint density at radius 3 is 2.94 bits per heavy atom. The Morgan fingerprint density at radius 2 is 2.31 bits per heavy atom. The van der Waals surface area contributed by atoms with E-state index in [1.165, 1.54) is 0 Å². The highest BCUT2D eigenvalue weighted by atomic mass is 35.5. The summed E-state index contributed by atoms with van der Waals surface area (Å²) in [4.78, 5) is 3.83. The lowest BCUT2D eigenvalue weighted by molar-refractivity contribution is 0.306. The van der Waals surface area contributed by atoms with Crippen LogP contribution in [0.3, 0.4) is 0 Å². The van der Waals surface area contributed by atoms with Gasteiger partial charge in [0.05, 0.1) is 11.2 Å². The molecule has 0 atom stereocenters. The van der Waals surface area contributed by atoms with Crippen LogP contribution in [0, 0.1) is 5.13 Å². The molecule has 0 aliphatic rings. The Balaban J connectivity index is 2.04. The van der Waals surface area contributed by atoms with Crippen LogP contribution >= 0.6 is 22.9 Å². The predicted molar refractivity (Wildman–Crippen MR) is 62.3 cm³/mol. The van der Waals surface area contributed by atoms with E-state index in [1.54, 1.807) is 18.2 Å². The minimum absolute atomic E-state index is 0.193. The van der Waals surface area contributed by atoms with Crippen LogP contribution in [-0.2, 0) is 6.61 Å². The number of hydrogen-bond donors (Lipinski definition) is 1. The maximum atomic E-state index is 12.6. The number of ether oxygens (including phenoxy) is 1. The summed E-state index contributed by atoms with van der Waals surface area (Å²) in [5, 5.41) is 0.657. The number of anilines is 1. The molecule has 2 aromatic rings. The molecule has 0 unspecified atom stereocenters. The fourth-order valence-corrected chi connectivity index (χ4v) is 1.93. The van der Waals surface area contributed by atoms with Crippen molar-refractivity contribution in [2.24, 2.45) is 0 Å². The molecule has 0 fully saturated rings. The van der Waals surface area contributed by atoms with E-state index < -0.39 is 0 Å². The minimum atomic E-state index is -0.331. The van der Waals surface area contributed by atoms with Crippen molar-refractivity contribution in [3.8, 4) is 5.75 Å². The minimum Gasteiger partial charge on any atom is -0.485 e. The summed E-state index contributed by atoms with van der Waals surface area (Å²) in [6.07, 6.45) is 1.16. The fraction of sp³-hybridized carbons (Fsp3) is 0.100. The van der Waals surface area contributed by atoms with E-state index in [-0.39, 0.29) is 11.7 Å². The molecule has 1 heterocycles. The second-order valence-electron chi connectivity index (χ2n) is 3.04. The molecule has 3 nitrogen and oxygen atoms in total. The van der Waals surface area contributed by atoms with Gasteiger partial charge in [-0.2, -0.15) is 4.39 Å². The standard InChI is InChI=1S/C10H8ClFN2OS/c11-7-3-6(13)1-2-8(7)15-5-10-14-4-9(12)16-10/h1-4H,5,13H2. The summed E-state index contributed by atoms with van der Waals surface area (Å²) in [5.41, 5.74) is 6.11. The molecule has 2 rings (SSSR count). The van der Waals surface area contributed by atoms with Gasteiger partial charge in [-0.3, -0.25) is 0 Å². The van der Waals surface area contributed by atoms with Gasteiger partial charge in [0.2, 0.25) is 0 Å². The normalized spacial score (nSPS) is 10.4. The second-order valence-corrected chi connectivity index (χ2v) is 4.51. The molecule has 16 heavy (non-hydrogen) atoms. The van der Waals surface area contributed by atoms with Crippen molar-refractivity contribution in [1.82, 2.24) is 4.98 Å². The molecule has 0 aliphatic carbocycles. The highest BCUT2D eigenvalue weighted by molar-refractivity contribution is 7.09. The van der Waals surface area contributed by atoms with Gasteiger partial charge in [-0.05, 0) is 18.2 Å². The lowest BCUT2D eigenvalue weighted by atomic mass is 10.3. The first-order valence-corrected chi connectivity index (χ1v) is 5.62. The number of halogens is 2. The Bertz CT molecular complexity index is 503. The summed E-state index contributed by atoms with van der Waals surface area (Å²) >= 11 is 6.85. The molecule has 0 amide bonds. The van der Waals surface area contributed by atoms with Crippen LogP contribution in [0.4, 0.5) is 10.1 Å². The average molecular weight is 259 g/mol. The van der Waals surface area contributed by atoms with Gasteiger partial charge in [0.25, 0.3) is 0 Å². The third-order valence-electron chi connectivity index (χ3n) is 1.83. The zero-order valence-corrected chi connectivity index (χ0v) is 9.69. The van der Waals surface area contributed by atoms with Crippen molar-refractivity contribution in [2.45, 2.75) is 6.61 Å². The maximum Gasteiger partial charge on any atom is 0.196 e. The smallest absolute Gasteiger partial charge is 0.196 e. The lowest BCUT2D eigenvalue weighted by Gasteiger charge is -2.06. The Kier molecular flexibility index (Phi) is 3.26. The van der Waals surface area contributed by atoms with E-state index in [2.05, 4.69) is 4.98 Å². The van der Waals surface area contributed by atoms with Crippen LogP contribution in [0.25, 0.3) is 0 Å². The van der Waals surface area contributed by atoms with E-state index >= 15 is 0 Å². The number of rotatable bonds is 3. The molecule has 2 N–H and O–H groups in total. The van der Waals surface area contributed by atoms with E-state index in [1.807, 2.05) is 0 Å². The van der Waals surface area contributed by atoms with Crippen LogP contribution in [0.15, 0.2) is 24.4 Å². The molecule has 0 radical (unpaired) electrons. The molecule has 84 valence electrons. The van der Waals surface area contributed by atoms with Crippen LogP contribution in [0.2, 0.25) is 5.02 Å². The number of nitrogen functional groups attached to an aromatic ring is 1. The molecular formula is C10H8ClFN2OS. The van der Waals surface area contributed by atoms with Gasteiger partial charge in [-0.15, -0.1) is 0 Å². The lowest BCUT2D eigenvalue weighted by Crippen LogP contribution is -1.95. The molecule has 0 bridgehead atoms. The van der Waals surface area contributed by atoms with Crippen molar-refractivity contribution in [3.05, 3.63) is 39.6 Å². The SMILES string of the molecule is Nc1ccc(OCc2ncc(F)s2)c(Cl)c1. The predicted octanol–water partition coefficient (Wildman–Crippen LogP) is 3.10. The number of aromatic nitrogens is 1. The highest BCUT2D eigenvalue weighted by Gasteiger charge is 2.05. The van der Waals surface area contributed by atoms with E-state index in [4.69, 9.17) is 22.1 Å². The topological polar surface area (TPSA) is 48.1 Å². The van der Waals surface area contributed by atoms with Crippen molar-refractivity contribution in [2.75, 3.05) is 5.73 Å². The number of thiazole rings is 1. The maximum absolute atomic E-state index is 12.6.